The van der Waals surface area contributed by atoms with Gasteiger partial charge in [0.1, 0.15) is 0 Å². The number of hydrogen-bond donors (Lipinski definition) is 1. The first-order valence-electron chi connectivity index (χ1n) is 5.02. The molecule has 1 aliphatic rings. The number of amides is 1. The van der Waals surface area contributed by atoms with E-state index < -0.39 is 0 Å². The summed E-state index contributed by atoms with van der Waals surface area (Å²) in [5.74, 6) is 5.07. The SMILES string of the molecule is CC#CC(=O)N1CCCc2n[nH]c(C)c21. The Bertz CT molecular complexity index is 450. The zero-order chi connectivity index (χ0) is 10.8. The van der Waals surface area contributed by atoms with Crippen LogP contribution in [-0.2, 0) is 11.2 Å². The van der Waals surface area contributed by atoms with Crippen LogP contribution in [0.3, 0.4) is 0 Å². The molecule has 2 rings (SSSR count). The van der Waals surface area contributed by atoms with Crippen molar-refractivity contribution in [1.29, 1.82) is 0 Å². The summed E-state index contributed by atoms with van der Waals surface area (Å²) in [4.78, 5) is 13.4. The molecular formula is C11H13N3O. The number of carbonyl (C=O) groups is 1. The number of hydrogen-bond acceptors (Lipinski definition) is 2. The Morgan fingerprint density at radius 3 is 3.13 bits per heavy atom. The van der Waals surface area contributed by atoms with Crippen molar-refractivity contribution in [2.24, 2.45) is 0 Å². The lowest BCUT2D eigenvalue weighted by Gasteiger charge is -2.24. The average molecular weight is 203 g/mol. The molecule has 0 radical (unpaired) electrons. The summed E-state index contributed by atoms with van der Waals surface area (Å²) in [5, 5.41) is 7.10. The minimum atomic E-state index is -0.136. The van der Waals surface area contributed by atoms with Crippen molar-refractivity contribution in [3.8, 4) is 11.8 Å². The molecule has 1 aromatic rings. The molecule has 0 saturated heterocycles. The summed E-state index contributed by atoms with van der Waals surface area (Å²) in [6.45, 7) is 4.34. The number of fused-ring (bicyclic) bond motifs is 1. The summed E-state index contributed by atoms with van der Waals surface area (Å²) in [7, 11) is 0. The molecule has 1 aromatic heterocycles. The lowest BCUT2D eigenvalue weighted by molar-refractivity contribution is -0.113. The Hall–Kier alpha value is -1.76. The molecule has 0 aromatic carbocycles. The molecule has 0 aliphatic carbocycles. The number of rotatable bonds is 0. The maximum absolute atomic E-state index is 11.7. The molecule has 0 fully saturated rings. The fraction of sp³-hybridized carbons (Fsp3) is 0.455. The van der Waals surface area contributed by atoms with E-state index in [0.29, 0.717) is 0 Å². The minimum Gasteiger partial charge on any atom is -0.298 e. The molecule has 0 unspecified atom stereocenters. The molecule has 1 N–H and O–H groups in total. The van der Waals surface area contributed by atoms with Gasteiger partial charge in [-0.2, -0.15) is 5.10 Å². The fourth-order valence-electron chi connectivity index (χ4n) is 1.90. The largest absolute Gasteiger partial charge is 0.302 e. The molecule has 15 heavy (non-hydrogen) atoms. The molecule has 0 saturated carbocycles. The number of aryl methyl sites for hydroxylation is 2. The number of aromatic nitrogens is 2. The summed E-state index contributed by atoms with van der Waals surface area (Å²) in [5.41, 5.74) is 2.84. The predicted molar refractivity (Wildman–Crippen MR) is 57.4 cm³/mol. The second kappa shape index (κ2) is 3.77. The Morgan fingerprint density at radius 2 is 2.40 bits per heavy atom. The van der Waals surface area contributed by atoms with Crippen LogP contribution in [0.15, 0.2) is 0 Å². The minimum absolute atomic E-state index is 0.136. The van der Waals surface area contributed by atoms with Gasteiger partial charge >= 0.3 is 5.91 Å². The van der Waals surface area contributed by atoms with Crippen molar-refractivity contribution in [1.82, 2.24) is 10.2 Å². The van der Waals surface area contributed by atoms with E-state index in [2.05, 4.69) is 22.0 Å². The van der Waals surface area contributed by atoms with Crippen LogP contribution in [0.2, 0.25) is 0 Å². The van der Waals surface area contributed by atoms with Gasteiger partial charge in [0, 0.05) is 6.54 Å². The Morgan fingerprint density at radius 1 is 1.60 bits per heavy atom. The number of nitrogens with zero attached hydrogens (tertiary/aromatic N) is 2. The normalized spacial score (nSPS) is 14.1. The average Bonchev–Trinajstić information content (AvgIpc) is 2.61. The van der Waals surface area contributed by atoms with Crippen LogP contribution in [0.4, 0.5) is 5.69 Å². The molecule has 0 spiro atoms. The lowest BCUT2D eigenvalue weighted by Crippen LogP contribution is -2.34. The monoisotopic (exact) mass is 203 g/mol. The molecule has 4 nitrogen and oxygen atoms in total. The van der Waals surface area contributed by atoms with Crippen LogP contribution < -0.4 is 4.90 Å². The third kappa shape index (κ3) is 1.61. The molecule has 0 bridgehead atoms. The molecule has 78 valence electrons. The van der Waals surface area contributed by atoms with E-state index in [1.807, 2.05) is 6.92 Å². The summed E-state index contributed by atoms with van der Waals surface area (Å²) in [6, 6.07) is 0. The summed E-state index contributed by atoms with van der Waals surface area (Å²) in [6.07, 6.45) is 1.89. The quantitative estimate of drug-likeness (QED) is 0.640. The van der Waals surface area contributed by atoms with E-state index in [9.17, 15) is 4.79 Å². The van der Waals surface area contributed by atoms with Gasteiger partial charge in [-0.3, -0.25) is 14.8 Å². The molecule has 0 atom stereocenters. The standard InChI is InChI=1S/C11H13N3O/c1-3-5-10(15)14-7-4-6-9-11(14)8(2)12-13-9/h4,6-7H2,1-2H3,(H,12,13). The van der Waals surface area contributed by atoms with Gasteiger partial charge in [-0.1, -0.05) is 5.92 Å². The Labute approximate surface area is 88.7 Å². The third-order valence-electron chi connectivity index (χ3n) is 2.53. The van der Waals surface area contributed by atoms with Crippen LogP contribution in [0.5, 0.6) is 0 Å². The van der Waals surface area contributed by atoms with Crippen molar-refractivity contribution in [3.05, 3.63) is 11.4 Å². The number of anilines is 1. The zero-order valence-electron chi connectivity index (χ0n) is 8.92. The first kappa shape index (κ1) is 9.78. The molecule has 2 heterocycles. The fourth-order valence-corrected chi connectivity index (χ4v) is 1.90. The third-order valence-corrected chi connectivity index (χ3v) is 2.53. The highest BCUT2D eigenvalue weighted by Crippen LogP contribution is 2.28. The van der Waals surface area contributed by atoms with Gasteiger partial charge in [-0.05, 0) is 32.6 Å². The van der Waals surface area contributed by atoms with Crippen molar-refractivity contribution in [3.63, 3.8) is 0 Å². The number of aromatic amines is 1. The lowest BCUT2D eigenvalue weighted by atomic mass is 10.1. The van der Waals surface area contributed by atoms with Gasteiger partial charge in [0.2, 0.25) is 0 Å². The van der Waals surface area contributed by atoms with Crippen molar-refractivity contribution < 1.29 is 4.79 Å². The highest BCUT2D eigenvalue weighted by molar-refractivity contribution is 6.06. The van der Waals surface area contributed by atoms with Crippen molar-refractivity contribution >= 4 is 11.6 Å². The van der Waals surface area contributed by atoms with Crippen LogP contribution >= 0.6 is 0 Å². The number of H-pyrrole nitrogens is 1. The molecule has 4 heteroatoms. The van der Waals surface area contributed by atoms with Crippen LogP contribution in [0, 0.1) is 18.8 Å². The second-order valence-corrected chi connectivity index (χ2v) is 3.58. The summed E-state index contributed by atoms with van der Waals surface area (Å²) < 4.78 is 0. The van der Waals surface area contributed by atoms with Crippen LogP contribution in [0.25, 0.3) is 0 Å². The Kier molecular flexibility index (Phi) is 2.46. The van der Waals surface area contributed by atoms with E-state index in [1.165, 1.54) is 0 Å². The highest BCUT2D eigenvalue weighted by Gasteiger charge is 2.25. The van der Waals surface area contributed by atoms with Crippen LogP contribution in [-0.4, -0.2) is 22.6 Å². The van der Waals surface area contributed by atoms with Gasteiger partial charge in [0.25, 0.3) is 0 Å². The van der Waals surface area contributed by atoms with Gasteiger partial charge in [0.15, 0.2) is 0 Å². The topological polar surface area (TPSA) is 49.0 Å². The molecular weight excluding hydrogens is 190 g/mol. The zero-order valence-corrected chi connectivity index (χ0v) is 8.92. The van der Waals surface area contributed by atoms with E-state index in [0.717, 1.165) is 36.5 Å². The van der Waals surface area contributed by atoms with Gasteiger partial charge in [-0.15, -0.1) is 0 Å². The van der Waals surface area contributed by atoms with E-state index in [-0.39, 0.29) is 5.91 Å². The maximum Gasteiger partial charge on any atom is 0.302 e. The van der Waals surface area contributed by atoms with Crippen LogP contribution in [0.1, 0.15) is 24.7 Å². The van der Waals surface area contributed by atoms with Gasteiger partial charge in [0.05, 0.1) is 17.1 Å². The molecule has 1 amide bonds. The van der Waals surface area contributed by atoms with Crippen molar-refractivity contribution in [2.75, 3.05) is 11.4 Å². The maximum atomic E-state index is 11.7. The van der Waals surface area contributed by atoms with Gasteiger partial charge in [-0.25, -0.2) is 0 Å². The first-order valence-corrected chi connectivity index (χ1v) is 5.02. The molecule has 1 aliphatic heterocycles. The van der Waals surface area contributed by atoms with Gasteiger partial charge < -0.3 is 0 Å². The summed E-state index contributed by atoms with van der Waals surface area (Å²) >= 11 is 0. The van der Waals surface area contributed by atoms with E-state index >= 15 is 0 Å². The number of nitrogens with one attached hydrogen (secondary N) is 1. The Balaban J connectivity index is 2.39. The van der Waals surface area contributed by atoms with Crippen molar-refractivity contribution in [2.45, 2.75) is 26.7 Å². The first-order chi connectivity index (χ1) is 7.24. The predicted octanol–water partition coefficient (Wildman–Crippen LogP) is 1.02. The van der Waals surface area contributed by atoms with E-state index in [4.69, 9.17) is 0 Å². The number of carbonyl (C=O) groups excluding carboxylic acids is 1. The van der Waals surface area contributed by atoms with E-state index in [1.54, 1.807) is 11.8 Å². The highest BCUT2D eigenvalue weighted by atomic mass is 16.2. The smallest absolute Gasteiger partial charge is 0.298 e. The second-order valence-electron chi connectivity index (χ2n) is 3.58.